The minimum absolute atomic E-state index is 0.00632. The summed E-state index contributed by atoms with van der Waals surface area (Å²) < 4.78 is 0. The first-order valence-electron chi connectivity index (χ1n) is 10.2. The second-order valence-electron chi connectivity index (χ2n) is 7.47. The molecule has 1 saturated heterocycles. The van der Waals surface area contributed by atoms with Crippen LogP contribution in [0.3, 0.4) is 0 Å². The Hall–Kier alpha value is -3.30. The van der Waals surface area contributed by atoms with Gasteiger partial charge in [-0.1, -0.05) is 23.7 Å². The van der Waals surface area contributed by atoms with Gasteiger partial charge in [-0.05, 0) is 73.6 Å². The fourth-order valence-corrected chi connectivity index (χ4v) is 3.91. The van der Waals surface area contributed by atoms with E-state index in [2.05, 4.69) is 16.0 Å². The molecule has 0 atom stereocenters. The molecule has 0 aliphatic carbocycles. The number of halogens is 1. The Morgan fingerprint density at radius 1 is 1.06 bits per heavy atom. The van der Waals surface area contributed by atoms with Gasteiger partial charge in [0.2, 0.25) is 0 Å². The molecule has 172 valence electrons. The third-order valence-corrected chi connectivity index (χ3v) is 5.65. The number of amides is 5. The SMILES string of the molecule is CC(C)NC(=O)Nc1ccc(C(=O)NCCN2C(=O)S/C(=C/c3ccc(Cl)cc3)C2=O)cc1. The van der Waals surface area contributed by atoms with E-state index in [1.165, 1.54) is 0 Å². The van der Waals surface area contributed by atoms with E-state index >= 15 is 0 Å². The molecule has 1 fully saturated rings. The number of hydrogen-bond acceptors (Lipinski definition) is 5. The van der Waals surface area contributed by atoms with Crippen molar-refractivity contribution in [1.29, 1.82) is 0 Å². The zero-order valence-electron chi connectivity index (χ0n) is 18.1. The molecule has 3 N–H and O–H groups in total. The van der Waals surface area contributed by atoms with Gasteiger partial charge in [0, 0.05) is 35.4 Å². The first kappa shape index (κ1) is 24.3. The Morgan fingerprint density at radius 2 is 1.73 bits per heavy atom. The Bertz CT molecular complexity index is 1080. The van der Waals surface area contributed by atoms with Crippen molar-refractivity contribution in [3.8, 4) is 0 Å². The number of carbonyl (C=O) groups is 4. The molecule has 1 aliphatic rings. The summed E-state index contributed by atoms with van der Waals surface area (Å²) in [5, 5.41) is 8.28. The monoisotopic (exact) mass is 486 g/mol. The van der Waals surface area contributed by atoms with Gasteiger partial charge in [-0.15, -0.1) is 0 Å². The van der Waals surface area contributed by atoms with Crippen molar-refractivity contribution in [2.45, 2.75) is 19.9 Å². The third-order valence-electron chi connectivity index (χ3n) is 4.49. The van der Waals surface area contributed by atoms with Crippen molar-refractivity contribution in [1.82, 2.24) is 15.5 Å². The minimum Gasteiger partial charge on any atom is -0.350 e. The number of carbonyl (C=O) groups excluding carboxylic acids is 4. The van der Waals surface area contributed by atoms with Crippen molar-refractivity contribution in [3.63, 3.8) is 0 Å². The van der Waals surface area contributed by atoms with Crippen molar-refractivity contribution in [3.05, 3.63) is 69.6 Å². The van der Waals surface area contributed by atoms with Crippen molar-refractivity contribution >= 4 is 58.2 Å². The highest BCUT2D eigenvalue weighted by Gasteiger charge is 2.34. The van der Waals surface area contributed by atoms with Gasteiger partial charge in [0.1, 0.15) is 0 Å². The van der Waals surface area contributed by atoms with Crippen LogP contribution in [0.1, 0.15) is 29.8 Å². The lowest BCUT2D eigenvalue weighted by molar-refractivity contribution is -0.122. The molecule has 0 aromatic heterocycles. The maximum Gasteiger partial charge on any atom is 0.319 e. The summed E-state index contributed by atoms with van der Waals surface area (Å²) in [5.41, 5.74) is 1.70. The second kappa shape index (κ2) is 11.0. The molecule has 2 aromatic rings. The maximum absolute atomic E-state index is 12.6. The van der Waals surface area contributed by atoms with Crippen LogP contribution in [0.25, 0.3) is 6.08 Å². The number of anilines is 1. The van der Waals surface area contributed by atoms with Gasteiger partial charge in [-0.3, -0.25) is 19.3 Å². The van der Waals surface area contributed by atoms with Crippen LogP contribution in [0.2, 0.25) is 5.02 Å². The summed E-state index contributed by atoms with van der Waals surface area (Å²) in [7, 11) is 0. The van der Waals surface area contributed by atoms with Crippen LogP contribution >= 0.6 is 23.4 Å². The zero-order chi connectivity index (χ0) is 24.0. The number of imide groups is 1. The van der Waals surface area contributed by atoms with E-state index in [1.54, 1.807) is 54.6 Å². The fraction of sp³-hybridized carbons (Fsp3) is 0.217. The second-order valence-corrected chi connectivity index (χ2v) is 8.90. The van der Waals surface area contributed by atoms with Crippen molar-refractivity contribution in [2.24, 2.45) is 0 Å². The van der Waals surface area contributed by atoms with E-state index in [0.29, 0.717) is 21.2 Å². The fourth-order valence-electron chi connectivity index (χ4n) is 2.92. The molecular formula is C23H23ClN4O4S. The van der Waals surface area contributed by atoms with E-state index in [-0.39, 0.29) is 36.3 Å². The standard InChI is InChI=1S/C23H23ClN4O4S/c1-14(2)26-22(31)27-18-9-5-16(6-10-18)20(29)25-11-12-28-21(30)19(33-23(28)32)13-15-3-7-17(24)8-4-15/h3-10,13-14H,11-12H2,1-2H3,(H,25,29)(H2,26,27,31)/b19-13+. The number of thioether (sulfide) groups is 1. The van der Waals surface area contributed by atoms with Gasteiger partial charge in [0.15, 0.2) is 0 Å². The average Bonchev–Trinajstić information content (AvgIpc) is 3.02. The zero-order valence-corrected chi connectivity index (χ0v) is 19.6. The smallest absolute Gasteiger partial charge is 0.319 e. The Labute approximate surface area is 200 Å². The van der Waals surface area contributed by atoms with E-state index in [1.807, 2.05) is 13.8 Å². The summed E-state index contributed by atoms with van der Waals surface area (Å²) in [6.45, 7) is 3.88. The van der Waals surface area contributed by atoms with Crippen LogP contribution in [-0.4, -0.2) is 47.1 Å². The number of nitrogens with zero attached hydrogens (tertiary/aromatic N) is 1. The van der Waals surface area contributed by atoms with Crippen LogP contribution < -0.4 is 16.0 Å². The minimum atomic E-state index is -0.399. The molecule has 10 heteroatoms. The summed E-state index contributed by atoms with van der Waals surface area (Å²) in [6, 6.07) is 13.0. The van der Waals surface area contributed by atoms with Crippen LogP contribution in [0.5, 0.6) is 0 Å². The number of hydrogen-bond donors (Lipinski definition) is 3. The predicted molar refractivity (Wildman–Crippen MR) is 130 cm³/mol. The average molecular weight is 487 g/mol. The number of benzene rings is 2. The Balaban J connectivity index is 1.51. The van der Waals surface area contributed by atoms with Crippen molar-refractivity contribution < 1.29 is 19.2 Å². The number of nitrogens with one attached hydrogen (secondary N) is 3. The molecule has 8 nitrogen and oxygen atoms in total. The molecule has 33 heavy (non-hydrogen) atoms. The lowest BCUT2D eigenvalue weighted by atomic mass is 10.2. The molecule has 0 unspecified atom stereocenters. The largest absolute Gasteiger partial charge is 0.350 e. The topological polar surface area (TPSA) is 108 Å². The van der Waals surface area contributed by atoms with Crippen LogP contribution in [0, 0.1) is 0 Å². The van der Waals surface area contributed by atoms with Crippen LogP contribution in [-0.2, 0) is 4.79 Å². The molecule has 0 saturated carbocycles. The number of urea groups is 1. The summed E-state index contributed by atoms with van der Waals surface area (Å²) in [4.78, 5) is 50.3. The van der Waals surface area contributed by atoms with E-state index < -0.39 is 5.91 Å². The first-order valence-corrected chi connectivity index (χ1v) is 11.4. The summed E-state index contributed by atoms with van der Waals surface area (Å²) >= 11 is 6.72. The summed E-state index contributed by atoms with van der Waals surface area (Å²) in [6.07, 6.45) is 1.64. The Morgan fingerprint density at radius 3 is 2.36 bits per heavy atom. The summed E-state index contributed by atoms with van der Waals surface area (Å²) in [5.74, 6) is -0.749. The van der Waals surface area contributed by atoms with Gasteiger partial charge in [-0.2, -0.15) is 0 Å². The Kier molecular flexibility index (Phi) is 8.13. The normalized spacial score (nSPS) is 14.7. The molecule has 0 spiro atoms. The molecule has 3 rings (SSSR count). The van der Waals surface area contributed by atoms with Crippen molar-refractivity contribution in [2.75, 3.05) is 18.4 Å². The van der Waals surface area contributed by atoms with Crippen LogP contribution in [0.4, 0.5) is 15.3 Å². The highest BCUT2D eigenvalue weighted by atomic mass is 35.5. The number of rotatable bonds is 7. The van der Waals surface area contributed by atoms with Crippen LogP contribution in [0.15, 0.2) is 53.4 Å². The third kappa shape index (κ3) is 6.84. The highest BCUT2D eigenvalue weighted by molar-refractivity contribution is 8.18. The van der Waals surface area contributed by atoms with Gasteiger partial charge < -0.3 is 16.0 Å². The molecular weight excluding hydrogens is 464 g/mol. The molecule has 5 amide bonds. The van der Waals surface area contributed by atoms with Gasteiger partial charge >= 0.3 is 6.03 Å². The predicted octanol–water partition coefficient (Wildman–Crippen LogP) is 4.34. The lowest BCUT2D eigenvalue weighted by Crippen LogP contribution is -2.37. The van der Waals surface area contributed by atoms with Gasteiger partial charge in [0.05, 0.1) is 4.91 Å². The lowest BCUT2D eigenvalue weighted by Gasteiger charge is -2.13. The quantitative estimate of drug-likeness (QED) is 0.505. The molecule has 1 heterocycles. The van der Waals surface area contributed by atoms with Gasteiger partial charge in [-0.25, -0.2) is 4.79 Å². The molecule has 1 aliphatic heterocycles. The molecule has 0 radical (unpaired) electrons. The maximum atomic E-state index is 12.6. The highest BCUT2D eigenvalue weighted by Crippen LogP contribution is 2.32. The van der Waals surface area contributed by atoms with E-state index in [4.69, 9.17) is 11.6 Å². The van der Waals surface area contributed by atoms with Gasteiger partial charge in [0.25, 0.3) is 17.1 Å². The molecule has 0 bridgehead atoms. The first-order chi connectivity index (χ1) is 15.7. The molecule has 2 aromatic carbocycles. The van der Waals surface area contributed by atoms with E-state index in [9.17, 15) is 19.2 Å². The van der Waals surface area contributed by atoms with E-state index in [0.717, 1.165) is 22.2 Å².